The molecule has 0 aliphatic heterocycles. The van der Waals surface area contributed by atoms with Crippen molar-refractivity contribution in [2.75, 3.05) is 0 Å². The van der Waals surface area contributed by atoms with Gasteiger partial charge in [-0.3, -0.25) is 0 Å². The second kappa shape index (κ2) is 4.61. The molecule has 2 rings (SSSR count). The molecule has 0 aliphatic carbocycles. The van der Waals surface area contributed by atoms with Crippen LogP contribution in [0.15, 0.2) is 24.3 Å². The minimum absolute atomic E-state index is 0.250. The van der Waals surface area contributed by atoms with Crippen molar-refractivity contribution in [3.63, 3.8) is 0 Å². The molecule has 6 nitrogen and oxygen atoms in total. The second-order valence-corrected chi connectivity index (χ2v) is 3.36. The van der Waals surface area contributed by atoms with Crippen LogP contribution in [0, 0.1) is 0 Å². The van der Waals surface area contributed by atoms with Crippen molar-refractivity contribution in [1.82, 2.24) is 20.6 Å². The summed E-state index contributed by atoms with van der Waals surface area (Å²) in [5.41, 5.74) is 6.34. The van der Waals surface area contributed by atoms with E-state index in [1.54, 1.807) is 0 Å². The Morgan fingerprint density at radius 2 is 1.89 bits per heavy atom. The first-order valence-electron chi connectivity index (χ1n) is 4.80. The standard InChI is InChI=1S/C9H8F3N5O/c10-9(11,12)18-6-3-1-5(2-4-6)7(13)8-14-16-17-15-8/h1-4,7H,13H2,(H,14,15,16,17). The van der Waals surface area contributed by atoms with Gasteiger partial charge < -0.3 is 10.5 Å². The van der Waals surface area contributed by atoms with E-state index in [0.29, 0.717) is 5.56 Å². The fourth-order valence-corrected chi connectivity index (χ4v) is 1.33. The van der Waals surface area contributed by atoms with Gasteiger partial charge in [0.05, 0.1) is 6.04 Å². The van der Waals surface area contributed by atoms with Gasteiger partial charge in [-0.25, -0.2) is 0 Å². The molecule has 0 radical (unpaired) electrons. The SMILES string of the molecule is NC(c1ccc(OC(F)(F)F)cc1)c1nn[nH]n1. The normalized spacial score (nSPS) is 13.3. The number of aromatic nitrogens is 4. The molecule has 0 bridgehead atoms. The molecule has 1 atom stereocenters. The molecule has 0 amide bonds. The zero-order valence-electron chi connectivity index (χ0n) is 8.85. The van der Waals surface area contributed by atoms with E-state index in [9.17, 15) is 13.2 Å². The third-order valence-corrected chi connectivity index (χ3v) is 2.11. The smallest absolute Gasteiger partial charge is 0.406 e. The molecule has 0 saturated heterocycles. The van der Waals surface area contributed by atoms with Crippen molar-refractivity contribution < 1.29 is 17.9 Å². The van der Waals surface area contributed by atoms with E-state index in [4.69, 9.17) is 5.73 Å². The van der Waals surface area contributed by atoms with Crippen LogP contribution in [0.4, 0.5) is 13.2 Å². The Morgan fingerprint density at radius 1 is 1.22 bits per heavy atom. The summed E-state index contributed by atoms with van der Waals surface area (Å²) in [5, 5.41) is 13.0. The summed E-state index contributed by atoms with van der Waals surface area (Å²) >= 11 is 0. The van der Waals surface area contributed by atoms with Crippen LogP contribution in [0.2, 0.25) is 0 Å². The van der Waals surface area contributed by atoms with Gasteiger partial charge in [-0.2, -0.15) is 5.21 Å². The van der Waals surface area contributed by atoms with Crippen molar-refractivity contribution in [2.45, 2.75) is 12.4 Å². The Hall–Kier alpha value is -2.16. The summed E-state index contributed by atoms with van der Waals surface area (Å²) in [6.45, 7) is 0. The summed E-state index contributed by atoms with van der Waals surface area (Å²) in [5.74, 6) is -0.0638. The maximum absolute atomic E-state index is 11.9. The molecule has 0 fully saturated rings. The van der Waals surface area contributed by atoms with Crippen LogP contribution in [-0.4, -0.2) is 27.0 Å². The molecule has 0 aliphatic rings. The molecule has 2 aromatic rings. The zero-order valence-corrected chi connectivity index (χ0v) is 8.85. The Bertz CT molecular complexity index is 496. The first kappa shape index (κ1) is 12.3. The fourth-order valence-electron chi connectivity index (χ4n) is 1.33. The summed E-state index contributed by atoms with van der Waals surface area (Å²) in [4.78, 5) is 0. The Balaban J connectivity index is 2.13. The highest BCUT2D eigenvalue weighted by Gasteiger charge is 2.31. The highest BCUT2D eigenvalue weighted by Crippen LogP contribution is 2.24. The van der Waals surface area contributed by atoms with Gasteiger partial charge in [0.25, 0.3) is 0 Å². The van der Waals surface area contributed by atoms with Crippen LogP contribution in [0.3, 0.4) is 0 Å². The predicted octanol–water partition coefficient (Wildman–Crippen LogP) is 1.15. The van der Waals surface area contributed by atoms with E-state index in [2.05, 4.69) is 25.4 Å². The van der Waals surface area contributed by atoms with E-state index < -0.39 is 12.4 Å². The predicted molar refractivity (Wildman–Crippen MR) is 53.3 cm³/mol. The molecule has 18 heavy (non-hydrogen) atoms. The number of halogens is 3. The summed E-state index contributed by atoms with van der Waals surface area (Å²) in [7, 11) is 0. The number of hydrogen-bond acceptors (Lipinski definition) is 5. The second-order valence-electron chi connectivity index (χ2n) is 3.36. The first-order chi connectivity index (χ1) is 8.46. The van der Waals surface area contributed by atoms with E-state index >= 15 is 0 Å². The van der Waals surface area contributed by atoms with Gasteiger partial charge in [0, 0.05) is 0 Å². The number of nitrogens with one attached hydrogen (secondary N) is 1. The number of benzene rings is 1. The van der Waals surface area contributed by atoms with Gasteiger partial charge >= 0.3 is 6.36 Å². The quantitative estimate of drug-likeness (QED) is 0.862. The van der Waals surface area contributed by atoms with E-state index in [1.165, 1.54) is 24.3 Å². The van der Waals surface area contributed by atoms with Gasteiger partial charge in [-0.15, -0.1) is 23.4 Å². The maximum Gasteiger partial charge on any atom is 0.573 e. The lowest BCUT2D eigenvalue weighted by Gasteiger charge is -2.11. The third-order valence-electron chi connectivity index (χ3n) is 2.11. The van der Waals surface area contributed by atoms with Crippen molar-refractivity contribution in [3.8, 4) is 5.75 Å². The first-order valence-corrected chi connectivity index (χ1v) is 4.80. The molecule has 3 N–H and O–H groups in total. The number of ether oxygens (including phenoxy) is 1. The van der Waals surface area contributed by atoms with Crippen LogP contribution in [-0.2, 0) is 0 Å². The fraction of sp³-hybridized carbons (Fsp3) is 0.222. The lowest BCUT2D eigenvalue weighted by molar-refractivity contribution is -0.274. The molecule has 0 spiro atoms. The monoisotopic (exact) mass is 259 g/mol. The maximum atomic E-state index is 11.9. The molecule has 0 saturated carbocycles. The van der Waals surface area contributed by atoms with Gasteiger partial charge in [0.2, 0.25) is 0 Å². The lowest BCUT2D eigenvalue weighted by atomic mass is 10.1. The highest BCUT2D eigenvalue weighted by atomic mass is 19.4. The molecule has 1 unspecified atom stereocenters. The zero-order chi connectivity index (χ0) is 13.2. The minimum Gasteiger partial charge on any atom is -0.406 e. The largest absolute Gasteiger partial charge is 0.573 e. The van der Waals surface area contributed by atoms with Crippen molar-refractivity contribution in [3.05, 3.63) is 35.7 Å². The number of hydrogen-bond donors (Lipinski definition) is 2. The average molecular weight is 259 g/mol. The van der Waals surface area contributed by atoms with E-state index in [-0.39, 0.29) is 11.6 Å². The number of H-pyrrole nitrogens is 1. The molecule has 1 aromatic carbocycles. The van der Waals surface area contributed by atoms with Crippen molar-refractivity contribution in [1.29, 1.82) is 0 Å². The molecule has 1 aromatic heterocycles. The van der Waals surface area contributed by atoms with Crippen LogP contribution in [0.25, 0.3) is 0 Å². The van der Waals surface area contributed by atoms with Crippen LogP contribution >= 0.6 is 0 Å². The number of aromatic amines is 1. The van der Waals surface area contributed by atoms with Crippen molar-refractivity contribution >= 4 is 0 Å². The topological polar surface area (TPSA) is 89.7 Å². The van der Waals surface area contributed by atoms with Crippen molar-refractivity contribution in [2.24, 2.45) is 5.73 Å². The third kappa shape index (κ3) is 2.94. The molecule has 96 valence electrons. The molecule has 1 heterocycles. The Morgan fingerprint density at radius 3 is 2.39 bits per heavy atom. The average Bonchev–Trinajstić information content (AvgIpc) is 2.80. The van der Waals surface area contributed by atoms with Crippen LogP contribution in [0.5, 0.6) is 5.75 Å². The number of rotatable bonds is 3. The van der Waals surface area contributed by atoms with Crippen LogP contribution < -0.4 is 10.5 Å². The van der Waals surface area contributed by atoms with Crippen LogP contribution in [0.1, 0.15) is 17.4 Å². The highest BCUT2D eigenvalue weighted by molar-refractivity contribution is 5.31. The number of nitrogens with two attached hydrogens (primary N) is 1. The van der Waals surface area contributed by atoms with Gasteiger partial charge in [0.15, 0.2) is 5.82 Å². The van der Waals surface area contributed by atoms with Gasteiger partial charge in [-0.1, -0.05) is 17.3 Å². The lowest BCUT2D eigenvalue weighted by Crippen LogP contribution is -2.17. The minimum atomic E-state index is -4.71. The van der Waals surface area contributed by atoms with Gasteiger partial charge in [0.1, 0.15) is 5.75 Å². The molecular weight excluding hydrogens is 251 g/mol. The Labute approximate surface area is 98.9 Å². The number of tetrazole rings is 1. The number of alkyl halides is 3. The molecule has 9 heteroatoms. The van der Waals surface area contributed by atoms with E-state index in [1.807, 2.05) is 0 Å². The van der Waals surface area contributed by atoms with E-state index in [0.717, 1.165) is 0 Å². The summed E-state index contributed by atoms with van der Waals surface area (Å²) in [6, 6.07) is 4.49. The van der Waals surface area contributed by atoms with Gasteiger partial charge in [-0.05, 0) is 17.7 Å². The molecular formula is C9H8F3N5O. The summed E-state index contributed by atoms with van der Waals surface area (Å²) < 4.78 is 39.6. The Kier molecular flexibility index (Phi) is 3.15. The number of nitrogens with zero attached hydrogens (tertiary/aromatic N) is 3. The summed E-state index contributed by atoms with van der Waals surface area (Å²) in [6.07, 6.45) is -4.71.